The average molecular weight is 433 g/mol. The number of thiophene rings is 1. The summed E-state index contributed by atoms with van der Waals surface area (Å²) in [7, 11) is -1.06. The van der Waals surface area contributed by atoms with E-state index in [0.717, 1.165) is 70.1 Å². The van der Waals surface area contributed by atoms with Crippen LogP contribution >= 0.6 is 11.3 Å². The molecule has 1 atom stereocenters. The van der Waals surface area contributed by atoms with Crippen molar-refractivity contribution in [2.45, 2.75) is 75.0 Å². The Hall–Kier alpha value is -1.61. The van der Waals surface area contributed by atoms with Gasteiger partial charge in [-0.1, -0.05) is 6.92 Å². The fraction of sp³-hybridized carbons (Fsp3) is 0.524. The molecule has 2 aliphatic carbocycles. The molecule has 1 saturated carbocycles. The van der Waals surface area contributed by atoms with Crippen molar-refractivity contribution in [2.75, 3.05) is 5.32 Å². The van der Waals surface area contributed by atoms with Gasteiger partial charge in [0.2, 0.25) is 0 Å². The Labute approximate surface area is 178 Å². The van der Waals surface area contributed by atoms with Crippen LogP contribution in [0.1, 0.15) is 68.1 Å². The second-order valence-corrected chi connectivity index (χ2v) is 11.3. The highest BCUT2D eigenvalue weighted by Gasteiger charge is 2.43. The van der Waals surface area contributed by atoms with Gasteiger partial charge in [0.1, 0.15) is 0 Å². The van der Waals surface area contributed by atoms with Gasteiger partial charge in [-0.05, 0) is 81.0 Å². The van der Waals surface area contributed by atoms with E-state index in [1.54, 1.807) is 13.8 Å². The molecule has 6 nitrogen and oxygen atoms in total. The van der Waals surface area contributed by atoms with Crippen LogP contribution in [-0.4, -0.2) is 16.1 Å². The van der Waals surface area contributed by atoms with Crippen LogP contribution < -0.4 is 10.5 Å². The molecule has 0 spiro atoms. The molecule has 2 aliphatic rings. The number of urea groups is 1. The highest BCUT2D eigenvalue weighted by atomic mass is 32.2. The van der Waals surface area contributed by atoms with Gasteiger partial charge in [-0.2, -0.15) is 4.36 Å². The Balaban J connectivity index is 1.61. The van der Waals surface area contributed by atoms with Gasteiger partial charge < -0.3 is 10.4 Å². The molecule has 2 aromatic heterocycles. The van der Waals surface area contributed by atoms with Crippen LogP contribution in [0.5, 0.6) is 0 Å². The lowest BCUT2D eigenvalue weighted by atomic mass is 9.96. The minimum Gasteiger partial charge on any atom is -0.386 e. The van der Waals surface area contributed by atoms with Crippen molar-refractivity contribution >= 4 is 33.9 Å². The molecule has 0 aliphatic heterocycles. The SMILES string of the molecule is Cc1c(C2(C)CC2)nc2c(c1NC(=O)/N=S(\N)c1cc(C(C)(C)O)cs1)CCC2. The number of nitrogens with two attached hydrogens (primary N) is 1. The van der Waals surface area contributed by atoms with E-state index in [1.165, 1.54) is 11.3 Å². The number of pyridine rings is 1. The van der Waals surface area contributed by atoms with Crippen LogP contribution in [0.15, 0.2) is 20.0 Å². The standard InChI is InChI=1S/C21H28N4O2S2/c1-12-17(14-6-5-7-15(14)23-18(12)21(4)8-9-21)24-19(26)25-29(22)16-10-13(11-28-16)20(2,3)27/h10-11,27H,5-9H2,1-4H3,(H3,22,23,24,25,26). The third kappa shape index (κ3) is 4.03. The summed E-state index contributed by atoms with van der Waals surface area (Å²) in [6.45, 7) is 7.75. The minimum atomic E-state index is -1.06. The topological polar surface area (TPSA) is 101 Å². The summed E-state index contributed by atoms with van der Waals surface area (Å²) in [5, 5.41) is 21.2. The quantitative estimate of drug-likeness (QED) is 0.663. The molecule has 1 unspecified atom stereocenters. The third-order valence-corrected chi connectivity index (χ3v) is 8.36. The molecule has 0 bridgehead atoms. The number of hydrogen-bond donors (Lipinski definition) is 3. The number of fused-ring (bicyclic) bond motifs is 1. The molecule has 29 heavy (non-hydrogen) atoms. The maximum absolute atomic E-state index is 12.7. The van der Waals surface area contributed by atoms with E-state index in [2.05, 4.69) is 23.5 Å². The normalized spacial score (nSPS) is 18.6. The van der Waals surface area contributed by atoms with Gasteiger partial charge in [-0.25, -0.2) is 4.79 Å². The first-order valence-electron chi connectivity index (χ1n) is 9.94. The lowest BCUT2D eigenvalue weighted by Gasteiger charge is -2.19. The second kappa shape index (κ2) is 7.27. The van der Waals surface area contributed by atoms with Gasteiger partial charge in [0, 0.05) is 22.0 Å². The number of aliphatic hydroxyl groups is 1. The first-order valence-corrected chi connectivity index (χ1v) is 12.1. The largest absolute Gasteiger partial charge is 0.386 e. The van der Waals surface area contributed by atoms with Crippen LogP contribution in [0, 0.1) is 6.92 Å². The molecule has 4 N–H and O–H groups in total. The predicted molar refractivity (Wildman–Crippen MR) is 118 cm³/mol. The molecule has 0 radical (unpaired) electrons. The molecule has 2 amide bonds. The summed E-state index contributed by atoms with van der Waals surface area (Å²) in [6, 6.07) is 1.40. The monoisotopic (exact) mass is 432 g/mol. The summed E-state index contributed by atoms with van der Waals surface area (Å²) in [5.74, 6) is 0. The van der Waals surface area contributed by atoms with Gasteiger partial charge >= 0.3 is 6.03 Å². The Kier molecular flexibility index (Phi) is 5.17. The molecule has 1 fully saturated rings. The van der Waals surface area contributed by atoms with Crippen LogP contribution in [0.3, 0.4) is 0 Å². The number of nitrogens with one attached hydrogen (secondary N) is 1. The summed E-state index contributed by atoms with van der Waals surface area (Å²) in [4.78, 5) is 17.7. The number of hydrogen-bond acceptors (Lipinski definition) is 4. The smallest absolute Gasteiger partial charge is 0.352 e. The second-order valence-electron chi connectivity index (χ2n) is 8.85. The van der Waals surface area contributed by atoms with E-state index < -0.39 is 22.5 Å². The van der Waals surface area contributed by atoms with Crippen molar-refractivity contribution in [3.8, 4) is 0 Å². The molecule has 8 heteroatoms. The highest BCUT2D eigenvalue weighted by molar-refractivity contribution is 7.87. The number of carbonyl (C=O) groups excluding carboxylic acids is 1. The van der Waals surface area contributed by atoms with Gasteiger partial charge in [0.05, 0.1) is 21.2 Å². The van der Waals surface area contributed by atoms with E-state index in [4.69, 9.17) is 10.1 Å². The van der Waals surface area contributed by atoms with Gasteiger partial charge in [0.15, 0.2) is 0 Å². The van der Waals surface area contributed by atoms with Crippen LogP contribution in [0.2, 0.25) is 0 Å². The average Bonchev–Trinajstić information content (AvgIpc) is 3.05. The summed E-state index contributed by atoms with van der Waals surface area (Å²) >= 11 is 1.41. The molecule has 4 rings (SSSR count). The van der Waals surface area contributed by atoms with Crippen molar-refractivity contribution in [1.82, 2.24) is 4.98 Å². The molecule has 2 heterocycles. The Morgan fingerprint density at radius 3 is 2.76 bits per heavy atom. The van der Waals surface area contributed by atoms with Crippen molar-refractivity contribution in [3.63, 3.8) is 0 Å². The van der Waals surface area contributed by atoms with Crippen molar-refractivity contribution in [3.05, 3.63) is 39.5 Å². The molecule has 0 aromatic carbocycles. The Morgan fingerprint density at radius 2 is 2.14 bits per heavy atom. The molecule has 156 valence electrons. The Morgan fingerprint density at radius 1 is 1.41 bits per heavy atom. The first kappa shape index (κ1) is 20.7. The van der Waals surface area contributed by atoms with E-state index in [0.29, 0.717) is 0 Å². The van der Waals surface area contributed by atoms with Gasteiger partial charge in [-0.3, -0.25) is 10.1 Å². The van der Waals surface area contributed by atoms with Crippen molar-refractivity contribution < 1.29 is 9.90 Å². The molecular formula is C21H28N4O2S2. The number of rotatable bonds is 4. The number of carbonyl (C=O) groups is 1. The zero-order valence-corrected chi connectivity index (χ0v) is 19.0. The summed E-state index contributed by atoms with van der Waals surface area (Å²) < 4.78 is 4.95. The molecule has 0 saturated heterocycles. The number of nitrogens with zero attached hydrogens (tertiary/aromatic N) is 2. The van der Waals surface area contributed by atoms with Crippen LogP contribution in [0.25, 0.3) is 0 Å². The Bertz CT molecular complexity index is 1020. The van der Waals surface area contributed by atoms with Crippen molar-refractivity contribution in [2.24, 2.45) is 9.50 Å². The number of amides is 2. The highest BCUT2D eigenvalue weighted by Crippen LogP contribution is 2.50. The van der Waals surface area contributed by atoms with E-state index in [9.17, 15) is 9.90 Å². The molecule has 2 aromatic rings. The van der Waals surface area contributed by atoms with Crippen LogP contribution in [-0.2, 0) is 34.7 Å². The maximum atomic E-state index is 12.7. The first-order chi connectivity index (χ1) is 13.6. The van der Waals surface area contributed by atoms with E-state index >= 15 is 0 Å². The zero-order chi connectivity index (χ0) is 21.0. The van der Waals surface area contributed by atoms with Crippen LogP contribution in [0.4, 0.5) is 10.5 Å². The van der Waals surface area contributed by atoms with E-state index in [-0.39, 0.29) is 5.41 Å². The zero-order valence-electron chi connectivity index (χ0n) is 17.3. The summed E-state index contributed by atoms with van der Waals surface area (Å²) in [5.41, 5.74) is 5.31. The number of aromatic nitrogens is 1. The van der Waals surface area contributed by atoms with Crippen molar-refractivity contribution in [1.29, 1.82) is 0 Å². The molecular weight excluding hydrogens is 404 g/mol. The van der Waals surface area contributed by atoms with E-state index in [1.807, 2.05) is 11.4 Å². The third-order valence-electron chi connectivity index (χ3n) is 5.94. The summed E-state index contributed by atoms with van der Waals surface area (Å²) in [6.07, 6.45) is 5.26. The lowest BCUT2D eigenvalue weighted by Crippen LogP contribution is -2.17. The number of anilines is 1. The lowest BCUT2D eigenvalue weighted by molar-refractivity contribution is 0.0789. The minimum absolute atomic E-state index is 0.140. The van der Waals surface area contributed by atoms with Gasteiger partial charge in [0.25, 0.3) is 0 Å². The van der Waals surface area contributed by atoms with Gasteiger partial charge in [-0.15, -0.1) is 11.3 Å². The fourth-order valence-corrected chi connectivity index (χ4v) is 5.88. The fourth-order valence-electron chi connectivity index (χ4n) is 3.88. The predicted octanol–water partition coefficient (Wildman–Crippen LogP) is 4.49. The number of aryl methyl sites for hydroxylation is 1. The maximum Gasteiger partial charge on any atom is 0.352 e.